The third-order valence-corrected chi connectivity index (χ3v) is 1.51. The highest BCUT2D eigenvalue weighted by Gasteiger charge is 1.71. The first-order valence-electron chi connectivity index (χ1n) is 3.33. The van der Waals surface area contributed by atoms with E-state index in [1.54, 1.807) is 4.90 Å². The van der Waals surface area contributed by atoms with Crippen molar-refractivity contribution in [2.24, 2.45) is 0 Å². The summed E-state index contributed by atoms with van der Waals surface area (Å²) in [5.74, 6) is 0. The van der Waals surface area contributed by atoms with E-state index in [-0.39, 0.29) is 6.61 Å². The van der Waals surface area contributed by atoms with Gasteiger partial charge in [0.05, 0.1) is 20.2 Å². The highest BCUT2D eigenvalue weighted by Crippen LogP contribution is 1.74. The number of quaternary nitrogens is 1. The predicted molar refractivity (Wildman–Crippen MR) is 53.5 cm³/mol. The molecule has 11 heavy (non-hydrogen) atoms. The average Bonchev–Trinajstić information content (AvgIpc) is 1.90. The fraction of sp³-hybridized carbons (Fsp3) is 0.833. The van der Waals surface area contributed by atoms with Crippen molar-refractivity contribution in [3.63, 3.8) is 0 Å². The van der Waals surface area contributed by atoms with Crippen molar-refractivity contribution in [2.75, 3.05) is 34.3 Å². The normalized spacial score (nSPS) is 8.00. The van der Waals surface area contributed by atoms with Gasteiger partial charge in [-0.1, -0.05) is 4.32 Å². The fourth-order valence-corrected chi connectivity index (χ4v) is 0.129. The van der Waals surface area contributed by atoms with Crippen LogP contribution in [-0.2, 0) is 12.6 Å². The van der Waals surface area contributed by atoms with Crippen molar-refractivity contribution in [2.45, 2.75) is 0 Å². The van der Waals surface area contributed by atoms with Crippen molar-refractivity contribution < 1.29 is 10.4 Å². The Balaban J connectivity index is 0. The van der Waals surface area contributed by atoms with Crippen LogP contribution < -0.4 is 5.32 Å². The molecule has 0 unspecified atom stereocenters. The van der Waals surface area contributed by atoms with Crippen LogP contribution in [0.15, 0.2) is 0 Å². The molecule has 0 aliphatic carbocycles. The molecule has 0 radical (unpaired) electrons. The van der Waals surface area contributed by atoms with Gasteiger partial charge in [-0.05, 0) is 0 Å². The number of nitrogens with zero attached hydrogens (tertiary/aromatic N) is 1. The molecule has 0 atom stereocenters. The van der Waals surface area contributed by atoms with Gasteiger partial charge in [-0.15, -0.1) is 0 Å². The number of thiocarbonyl (C=S) groups is 1. The van der Waals surface area contributed by atoms with Crippen LogP contribution >= 0.6 is 12.2 Å². The Morgan fingerprint density at radius 1 is 1.64 bits per heavy atom. The Morgan fingerprint density at radius 3 is 2.00 bits per heavy atom. The van der Waals surface area contributed by atoms with E-state index in [2.05, 4.69) is 24.8 Å². The second-order valence-electron chi connectivity index (χ2n) is 2.08. The van der Waals surface area contributed by atoms with Crippen LogP contribution in [-0.4, -0.2) is 48.6 Å². The molecule has 3 nitrogen and oxygen atoms in total. The standard InChI is InChI=1S/C3H9NO.C3H7NS2/c1-4-2-3-5;1-4(2)3(5)6/h4-5H,2-3H2,1H3;1-2H3,(H,5,6). The summed E-state index contributed by atoms with van der Waals surface area (Å²) < 4.78 is 0.509. The Bertz CT molecular complexity index is 96.6. The average molecular weight is 196 g/mol. The minimum atomic E-state index is 0.288. The fourth-order valence-electron chi connectivity index (χ4n) is 0.129. The maximum atomic E-state index is 8.04. The second kappa shape index (κ2) is 10.0. The van der Waals surface area contributed by atoms with Crippen molar-refractivity contribution in [1.82, 2.24) is 4.90 Å². The SMILES string of the molecule is CN(C)C(=S)[S-].C[NH2+]CCO. The quantitative estimate of drug-likeness (QED) is 0.419. The molecule has 0 heterocycles. The zero-order valence-corrected chi connectivity index (χ0v) is 8.84. The topological polar surface area (TPSA) is 40.1 Å². The molecular weight excluding hydrogens is 180 g/mol. The van der Waals surface area contributed by atoms with E-state index in [1.807, 2.05) is 26.5 Å². The van der Waals surface area contributed by atoms with E-state index in [4.69, 9.17) is 5.11 Å². The minimum absolute atomic E-state index is 0.288. The number of hydrogen-bond acceptors (Lipinski definition) is 3. The minimum Gasteiger partial charge on any atom is -0.411 e. The van der Waals surface area contributed by atoms with Crippen molar-refractivity contribution in [3.05, 3.63) is 0 Å². The summed E-state index contributed by atoms with van der Waals surface area (Å²) in [7, 11) is 5.58. The van der Waals surface area contributed by atoms with Gasteiger partial charge in [0.1, 0.15) is 0 Å². The van der Waals surface area contributed by atoms with E-state index >= 15 is 0 Å². The van der Waals surface area contributed by atoms with E-state index in [0.717, 1.165) is 6.54 Å². The van der Waals surface area contributed by atoms with Crippen molar-refractivity contribution in [1.29, 1.82) is 0 Å². The molecule has 0 fully saturated rings. The van der Waals surface area contributed by atoms with Crippen LogP contribution in [0.2, 0.25) is 0 Å². The van der Waals surface area contributed by atoms with Gasteiger partial charge in [-0.3, -0.25) is 0 Å². The van der Waals surface area contributed by atoms with Gasteiger partial charge in [0.25, 0.3) is 0 Å². The lowest BCUT2D eigenvalue weighted by Gasteiger charge is -2.15. The third kappa shape index (κ3) is 17.8. The molecule has 0 saturated carbocycles. The summed E-state index contributed by atoms with van der Waals surface area (Å²) in [6, 6.07) is 0. The summed E-state index contributed by atoms with van der Waals surface area (Å²) in [6.07, 6.45) is 0. The molecule has 0 bridgehead atoms. The van der Waals surface area contributed by atoms with Crippen molar-refractivity contribution in [3.8, 4) is 0 Å². The smallest absolute Gasteiger partial charge is 0.0988 e. The van der Waals surface area contributed by atoms with Crippen LogP contribution in [0.3, 0.4) is 0 Å². The molecule has 5 heteroatoms. The molecule has 0 aromatic heterocycles. The van der Waals surface area contributed by atoms with Gasteiger partial charge in [0.2, 0.25) is 0 Å². The van der Waals surface area contributed by atoms with Gasteiger partial charge in [-0.25, -0.2) is 0 Å². The van der Waals surface area contributed by atoms with Gasteiger partial charge in [-0.2, -0.15) is 0 Å². The Hall–Kier alpha value is 0.0300. The molecule has 0 aliphatic heterocycles. The van der Waals surface area contributed by atoms with Crippen LogP contribution in [0, 0.1) is 0 Å². The maximum Gasteiger partial charge on any atom is 0.0988 e. The van der Waals surface area contributed by atoms with Gasteiger partial charge < -0.3 is 40.2 Å². The van der Waals surface area contributed by atoms with E-state index < -0.39 is 0 Å². The summed E-state index contributed by atoms with van der Waals surface area (Å²) in [4.78, 5) is 1.71. The molecule has 0 spiro atoms. The molecule has 0 aromatic rings. The predicted octanol–water partition coefficient (Wildman–Crippen LogP) is -1.45. The Kier molecular flexibility index (Phi) is 12.4. The first kappa shape index (κ1) is 13.6. The second-order valence-corrected chi connectivity index (χ2v) is 3.11. The van der Waals surface area contributed by atoms with E-state index in [0.29, 0.717) is 4.32 Å². The zero-order valence-electron chi connectivity index (χ0n) is 7.20. The van der Waals surface area contributed by atoms with Crippen LogP contribution in [0.1, 0.15) is 0 Å². The maximum absolute atomic E-state index is 8.04. The monoisotopic (exact) mass is 196 g/mol. The molecule has 0 rings (SSSR count). The summed E-state index contributed by atoms with van der Waals surface area (Å²) in [5.41, 5.74) is 0. The van der Waals surface area contributed by atoms with Crippen LogP contribution in [0.4, 0.5) is 0 Å². The lowest BCUT2D eigenvalue weighted by Crippen LogP contribution is -2.80. The number of likely N-dealkylation sites (N-methyl/N-ethyl adjacent to an activating group) is 1. The van der Waals surface area contributed by atoms with Gasteiger partial charge >= 0.3 is 0 Å². The molecule has 0 amide bonds. The number of aliphatic hydroxyl groups excluding tert-OH is 1. The summed E-state index contributed by atoms with van der Waals surface area (Å²) >= 11 is 9.12. The first-order chi connectivity index (χ1) is 5.06. The number of nitrogens with two attached hydrogens (primary N) is 1. The largest absolute Gasteiger partial charge is 0.411 e. The number of rotatable bonds is 2. The third-order valence-electron chi connectivity index (χ3n) is 0.783. The number of hydrogen-bond donors (Lipinski definition) is 2. The van der Waals surface area contributed by atoms with E-state index in [9.17, 15) is 0 Å². The lowest BCUT2D eigenvalue weighted by molar-refractivity contribution is -0.628. The van der Waals surface area contributed by atoms with Gasteiger partial charge in [0.15, 0.2) is 0 Å². The molecule has 68 valence electrons. The Morgan fingerprint density at radius 2 is 2.00 bits per heavy atom. The molecular formula is C6H16N2OS2. The number of aliphatic hydroxyl groups is 1. The van der Waals surface area contributed by atoms with Crippen LogP contribution in [0.25, 0.3) is 0 Å². The molecule has 0 saturated heterocycles. The molecule has 3 N–H and O–H groups in total. The van der Waals surface area contributed by atoms with Crippen molar-refractivity contribution >= 4 is 29.2 Å². The highest BCUT2D eigenvalue weighted by molar-refractivity contribution is 8.00. The zero-order chi connectivity index (χ0) is 9.28. The first-order valence-corrected chi connectivity index (χ1v) is 4.14. The highest BCUT2D eigenvalue weighted by atomic mass is 32.1. The lowest BCUT2D eigenvalue weighted by atomic mass is 10.7. The van der Waals surface area contributed by atoms with Crippen LogP contribution in [0.5, 0.6) is 0 Å². The summed E-state index contributed by atoms with van der Waals surface area (Å²) in [6.45, 7) is 1.11. The molecule has 0 aromatic carbocycles. The summed E-state index contributed by atoms with van der Waals surface area (Å²) in [5, 5.41) is 9.97. The molecule has 0 aliphatic rings. The van der Waals surface area contributed by atoms with E-state index in [1.165, 1.54) is 0 Å². The Labute approximate surface area is 79.2 Å². The van der Waals surface area contributed by atoms with Gasteiger partial charge in [0, 0.05) is 14.1 Å².